The number of ether oxygens (including phenoxy) is 1. The van der Waals surface area contributed by atoms with Crippen LogP contribution in [0.25, 0.3) is 10.9 Å². The molecule has 1 aromatic carbocycles. The fourth-order valence-electron chi connectivity index (χ4n) is 2.62. The maximum absolute atomic E-state index is 5.72. The van der Waals surface area contributed by atoms with E-state index >= 15 is 0 Å². The highest BCUT2D eigenvalue weighted by atomic mass is 32.1. The van der Waals surface area contributed by atoms with Gasteiger partial charge in [0.05, 0.1) is 11.6 Å². The van der Waals surface area contributed by atoms with Crippen LogP contribution in [0.15, 0.2) is 24.3 Å². The first-order valence-electron chi connectivity index (χ1n) is 6.58. The van der Waals surface area contributed by atoms with Gasteiger partial charge in [-0.3, -0.25) is 0 Å². The van der Waals surface area contributed by atoms with Gasteiger partial charge in [0.1, 0.15) is 5.00 Å². The van der Waals surface area contributed by atoms with Crippen LogP contribution in [-0.2, 0) is 4.74 Å². The number of hydrogen-bond acceptors (Lipinski definition) is 4. The monoisotopic (exact) mass is 262 g/mol. The molecule has 0 radical (unpaired) electrons. The second-order valence-corrected chi connectivity index (χ2v) is 5.55. The van der Waals surface area contributed by atoms with Gasteiger partial charge in [-0.25, -0.2) is 0 Å². The molecule has 0 spiro atoms. The number of rotatable bonds is 4. The summed E-state index contributed by atoms with van der Waals surface area (Å²) in [7, 11) is 0. The third-order valence-corrected chi connectivity index (χ3v) is 4.49. The van der Waals surface area contributed by atoms with Crippen molar-refractivity contribution in [3.05, 3.63) is 24.3 Å². The number of aromatic nitrogens is 1. The summed E-state index contributed by atoms with van der Waals surface area (Å²) < 4.78 is 10.2. The number of anilines is 1. The number of benzene rings is 1. The molecule has 1 aliphatic rings. The van der Waals surface area contributed by atoms with Crippen LogP contribution in [0.1, 0.15) is 19.8 Å². The van der Waals surface area contributed by atoms with E-state index in [1.807, 2.05) is 6.07 Å². The first-order valence-corrected chi connectivity index (χ1v) is 7.35. The normalized spacial score (nSPS) is 23.6. The molecule has 1 aliphatic heterocycles. The van der Waals surface area contributed by atoms with Gasteiger partial charge in [-0.1, -0.05) is 19.1 Å². The number of nitrogens with zero attached hydrogens (tertiary/aromatic N) is 1. The predicted molar refractivity (Wildman–Crippen MR) is 76.2 cm³/mol. The summed E-state index contributed by atoms with van der Waals surface area (Å²) in [5.74, 6) is 0.635. The summed E-state index contributed by atoms with van der Waals surface area (Å²) in [4.78, 5) is 0. The number of fused-ring (bicyclic) bond motifs is 1. The van der Waals surface area contributed by atoms with E-state index in [1.165, 1.54) is 16.8 Å². The van der Waals surface area contributed by atoms with Crippen LogP contribution in [0.5, 0.6) is 0 Å². The topological polar surface area (TPSA) is 34.1 Å². The highest BCUT2D eigenvalue weighted by Crippen LogP contribution is 2.29. The zero-order valence-electron chi connectivity index (χ0n) is 10.6. The highest BCUT2D eigenvalue weighted by Gasteiger charge is 2.26. The molecule has 1 fully saturated rings. The maximum Gasteiger partial charge on any atom is 0.117 e. The quantitative estimate of drug-likeness (QED) is 0.915. The standard InChI is InChI=1S/C14H18N2OS/c1-2-13-10(7-8-17-13)9-15-14-11-5-3-4-6-12(11)16-18-14/h3-6,10,13,15H,2,7-9H2,1H3. The van der Waals surface area contributed by atoms with E-state index in [-0.39, 0.29) is 0 Å². The Kier molecular flexibility index (Phi) is 3.48. The van der Waals surface area contributed by atoms with Gasteiger partial charge in [0.2, 0.25) is 0 Å². The number of nitrogens with one attached hydrogen (secondary N) is 1. The minimum atomic E-state index is 0.427. The molecule has 2 aromatic rings. The second kappa shape index (κ2) is 5.24. The summed E-state index contributed by atoms with van der Waals surface area (Å²) in [6.07, 6.45) is 2.70. The highest BCUT2D eigenvalue weighted by molar-refractivity contribution is 7.11. The second-order valence-electron chi connectivity index (χ2n) is 4.78. The minimum Gasteiger partial charge on any atom is -0.378 e. The van der Waals surface area contributed by atoms with Crippen molar-refractivity contribution in [1.82, 2.24) is 4.37 Å². The summed E-state index contributed by atoms with van der Waals surface area (Å²) >= 11 is 1.55. The van der Waals surface area contributed by atoms with Gasteiger partial charge in [-0.2, -0.15) is 4.37 Å². The average molecular weight is 262 g/mol. The lowest BCUT2D eigenvalue weighted by molar-refractivity contribution is 0.0900. The Labute approximate surface area is 111 Å². The molecular formula is C14H18N2OS. The molecule has 2 atom stereocenters. The molecule has 1 N–H and O–H groups in total. The Morgan fingerprint density at radius 1 is 1.44 bits per heavy atom. The molecule has 96 valence electrons. The molecule has 0 amide bonds. The molecule has 18 heavy (non-hydrogen) atoms. The smallest absolute Gasteiger partial charge is 0.117 e. The van der Waals surface area contributed by atoms with E-state index in [1.54, 1.807) is 11.5 Å². The van der Waals surface area contributed by atoms with Crippen molar-refractivity contribution in [1.29, 1.82) is 0 Å². The van der Waals surface area contributed by atoms with Crippen molar-refractivity contribution >= 4 is 27.4 Å². The predicted octanol–water partition coefficient (Wildman–Crippen LogP) is 3.52. The van der Waals surface area contributed by atoms with Crippen LogP contribution in [0.3, 0.4) is 0 Å². The van der Waals surface area contributed by atoms with Crippen LogP contribution < -0.4 is 5.32 Å². The zero-order valence-corrected chi connectivity index (χ0v) is 11.4. The van der Waals surface area contributed by atoms with Crippen LogP contribution >= 0.6 is 11.5 Å². The molecule has 3 rings (SSSR count). The van der Waals surface area contributed by atoms with Gasteiger partial charge in [0.15, 0.2) is 0 Å². The molecule has 0 saturated carbocycles. The SMILES string of the molecule is CCC1OCCC1CNc1snc2ccccc12. The summed E-state index contributed by atoms with van der Waals surface area (Å²) in [6, 6.07) is 8.29. The van der Waals surface area contributed by atoms with Crippen molar-refractivity contribution in [3.63, 3.8) is 0 Å². The molecule has 1 aromatic heterocycles. The Morgan fingerprint density at radius 2 is 2.33 bits per heavy atom. The van der Waals surface area contributed by atoms with Crippen molar-refractivity contribution < 1.29 is 4.74 Å². The van der Waals surface area contributed by atoms with E-state index in [0.29, 0.717) is 12.0 Å². The maximum atomic E-state index is 5.72. The Morgan fingerprint density at radius 3 is 3.22 bits per heavy atom. The fraction of sp³-hybridized carbons (Fsp3) is 0.500. The molecule has 2 unspecified atom stereocenters. The van der Waals surface area contributed by atoms with Crippen molar-refractivity contribution in [3.8, 4) is 0 Å². The molecule has 0 aliphatic carbocycles. The lowest BCUT2D eigenvalue weighted by atomic mass is 10.00. The summed E-state index contributed by atoms with van der Waals surface area (Å²) in [6.45, 7) is 4.10. The first-order chi connectivity index (χ1) is 8.88. The van der Waals surface area contributed by atoms with Gasteiger partial charge in [0.25, 0.3) is 0 Å². The van der Waals surface area contributed by atoms with Crippen LogP contribution in [-0.4, -0.2) is 23.6 Å². The van der Waals surface area contributed by atoms with Gasteiger partial charge in [0, 0.05) is 24.5 Å². The summed E-state index contributed by atoms with van der Waals surface area (Å²) in [5, 5.41) is 5.97. The third-order valence-electron chi connectivity index (χ3n) is 3.66. The van der Waals surface area contributed by atoms with Crippen molar-refractivity contribution in [2.45, 2.75) is 25.9 Å². The largest absolute Gasteiger partial charge is 0.378 e. The van der Waals surface area contributed by atoms with Gasteiger partial charge in [-0.05, 0) is 36.5 Å². The zero-order chi connectivity index (χ0) is 12.4. The fourth-order valence-corrected chi connectivity index (χ4v) is 3.39. The van der Waals surface area contributed by atoms with Gasteiger partial charge in [-0.15, -0.1) is 0 Å². The Hall–Kier alpha value is -1.13. The number of hydrogen-bond donors (Lipinski definition) is 1. The molecule has 4 heteroatoms. The van der Waals surface area contributed by atoms with Crippen LogP contribution in [0.4, 0.5) is 5.00 Å². The van der Waals surface area contributed by atoms with E-state index in [9.17, 15) is 0 Å². The third kappa shape index (κ3) is 2.22. The van der Waals surface area contributed by atoms with Crippen molar-refractivity contribution in [2.24, 2.45) is 5.92 Å². The molecule has 1 saturated heterocycles. The Balaban J connectivity index is 1.69. The lowest BCUT2D eigenvalue weighted by Gasteiger charge is -2.17. The molecule has 3 nitrogen and oxygen atoms in total. The van der Waals surface area contributed by atoms with Crippen LogP contribution in [0.2, 0.25) is 0 Å². The van der Waals surface area contributed by atoms with E-state index in [2.05, 4.69) is 34.8 Å². The summed E-state index contributed by atoms with van der Waals surface area (Å²) in [5.41, 5.74) is 1.08. The molecule has 0 bridgehead atoms. The van der Waals surface area contributed by atoms with E-state index in [0.717, 1.165) is 25.1 Å². The van der Waals surface area contributed by atoms with E-state index < -0.39 is 0 Å². The van der Waals surface area contributed by atoms with Crippen molar-refractivity contribution in [2.75, 3.05) is 18.5 Å². The Bertz CT molecular complexity index is 525. The average Bonchev–Trinajstić information content (AvgIpc) is 3.02. The molecular weight excluding hydrogens is 244 g/mol. The van der Waals surface area contributed by atoms with Crippen LogP contribution in [0, 0.1) is 5.92 Å². The lowest BCUT2D eigenvalue weighted by Crippen LogP contribution is -2.22. The molecule has 2 heterocycles. The van der Waals surface area contributed by atoms with Gasteiger partial charge >= 0.3 is 0 Å². The van der Waals surface area contributed by atoms with Gasteiger partial charge < -0.3 is 10.1 Å². The first kappa shape index (κ1) is 11.9. The minimum absolute atomic E-state index is 0.427. The van der Waals surface area contributed by atoms with E-state index in [4.69, 9.17) is 4.74 Å².